The highest BCUT2D eigenvalue weighted by Crippen LogP contribution is 2.33. The van der Waals surface area contributed by atoms with E-state index in [2.05, 4.69) is 0 Å². The number of amides is 2. The summed E-state index contributed by atoms with van der Waals surface area (Å²) in [5.74, 6) is -1.04. The Bertz CT molecular complexity index is 695. The van der Waals surface area contributed by atoms with Crippen molar-refractivity contribution in [3.05, 3.63) is 29.3 Å². The number of hydrogen-bond acceptors (Lipinski definition) is 5. The van der Waals surface area contributed by atoms with E-state index >= 15 is 0 Å². The number of hydrogen-bond donors (Lipinski definition) is 0. The van der Waals surface area contributed by atoms with Crippen LogP contribution in [0.5, 0.6) is 5.75 Å². The van der Waals surface area contributed by atoms with Crippen LogP contribution >= 0.6 is 0 Å². The fourth-order valence-electron chi connectivity index (χ4n) is 2.82. The number of imide groups is 1. The predicted octanol–water partition coefficient (Wildman–Crippen LogP) is 2.40. The third kappa shape index (κ3) is 3.22. The van der Waals surface area contributed by atoms with Crippen LogP contribution in [0.3, 0.4) is 0 Å². The van der Waals surface area contributed by atoms with Gasteiger partial charge in [0.05, 0.1) is 23.8 Å². The molecule has 0 radical (unpaired) electrons. The first-order chi connectivity index (χ1) is 11.4. The van der Waals surface area contributed by atoms with Crippen molar-refractivity contribution in [1.29, 1.82) is 0 Å². The molecule has 0 aromatic heterocycles. The third-order valence-corrected chi connectivity index (χ3v) is 4.08. The standard InChI is InChI=1S/C18H21NO5/c1-4-12(21)9-10-14(11(3)20)19-17(22)13-7-6-8-15(24-5-2)16(13)18(19)23/h6-8,14H,4-5,9-10H2,1-3H3. The van der Waals surface area contributed by atoms with Gasteiger partial charge in [-0.25, -0.2) is 0 Å². The molecular formula is C18H21NO5. The SMILES string of the molecule is CCOc1cccc2c1C(=O)N(C(CCC(=O)CC)C(C)=O)C2=O. The molecule has 0 bridgehead atoms. The van der Waals surface area contributed by atoms with Gasteiger partial charge in [-0.05, 0) is 32.4 Å². The molecule has 0 saturated carbocycles. The van der Waals surface area contributed by atoms with Gasteiger partial charge in [0.1, 0.15) is 11.5 Å². The Labute approximate surface area is 140 Å². The number of rotatable bonds is 8. The molecular weight excluding hydrogens is 310 g/mol. The smallest absolute Gasteiger partial charge is 0.266 e. The molecule has 0 N–H and O–H groups in total. The second-order valence-electron chi connectivity index (χ2n) is 5.65. The number of fused-ring (bicyclic) bond motifs is 1. The zero-order valence-electron chi connectivity index (χ0n) is 14.1. The third-order valence-electron chi connectivity index (χ3n) is 4.08. The molecule has 24 heavy (non-hydrogen) atoms. The zero-order valence-corrected chi connectivity index (χ0v) is 14.1. The highest BCUT2D eigenvalue weighted by molar-refractivity contribution is 6.24. The summed E-state index contributed by atoms with van der Waals surface area (Å²) in [5, 5.41) is 0. The Morgan fingerprint density at radius 3 is 2.46 bits per heavy atom. The molecule has 128 valence electrons. The first-order valence-corrected chi connectivity index (χ1v) is 8.08. The number of ketones is 2. The topological polar surface area (TPSA) is 80.8 Å². The Balaban J connectivity index is 2.35. The van der Waals surface area contributed by atoms with Crippen molar-refractivity contribution in [1.82, 2.24) is 4.90 Å². The van der Waals surface area contributed by atoms with Crippen LogP contribution in [0.15, 0.2) is 18.2 Å². The first-order valence-electron chi connectivity index (χ1n) is 8.08. The molecule has 1 aliphatic rings. The van der Waals surface area contributed by atoms with E-state index in [0.29, 0.717) is 18.8 Å². The van der Waals surface area contributed by atoms with E-state index in [1.165, 1.54) is 6.92 Å². The first kappa shape index (κ1) is 17.8. The molecule has 0 aliphatic carbocycles. The maximum absolute atomic E-state index is 12.8. The highest BCUT2D eigenvalue weighted by Gasteiger charge is 2.43. The maximum Gasteiger partial charge on any atom is 0.266 e. The van der Waals surface area contributed by atoms with Crippen molar-refractivity contribution in [2.24, 2.45) is 0 Å². The molecule has 6 nitrogen and oxygen atoms in total. The fraction of sp³-hybridized carbons (Fsp3) is 0.444. The Kier molecular flexibility index (Phi) is 5.49. The van der Waals surface area contributed by atoms with Crippen LogP contribution in [0, 0.1) is 0 Å². The van der Waals surface area contributed by atoms with E-state index in [0.717, 1.165) is 4.90 Å². The highest BCUT2D eigenvalue weighted by atomic mass is 16.5. The molecule has 0 fully saturated rings. The zero-order chi connectivity index (χ0) is 17.9. The van der Waals surface area contributed by atoms with Crippen LogP contribution < -0.4 is 4.74 Å². The van der Waals surface area contributed by atoms with Gasteiger partial charge in [0.25, 0.3) is 11.8 Å². The lowest BCUT2D eigenvalue weighted by Gasteiger charge is -2.23. The van der Waals surface area contributed by atoms with Gasteiger partial charge in [-0.15, -0.1) is 0 Å². The molecule has 1 atom stereocenters. The van der Waals surface area contributed by atoms with E-state index in [9.17, 15) is 19.2 Å². The van der Waals surface area contributed by atoms with Crippen LogP contribution in [-0.4, -0.2) is 40.9 Å². The predicted molar refractivity (Wildman–Crippen MR) is 87.1 cm³/mol. The average molecular weight is 331 g/mol. The monoisotopic (exact) mass is 331 g/mol. The van der Waals surface area contributed by atoms with E-state index in [1.807, 2.05) is 0 Å². The van der Waals surface area contributed by atoms with Gasteiger partial charge in [0.15, 0.2) is 5.78 Å². The minimum Gasteiger partial charge on any atom is -0.493 e. The quantitative estimate of drug-likeness (QED) is 0.683. The molecule has 1 heterocycles. The van der Waals surface area contributed by atoms with Gasteiger partial charge in [-0.1, -0.05) is 13.0 Å². The molecule has 1 unspecified atom stereocenters. The van der Waals surface area contributed by atoms with Crippen molar-refractivity contribution in [3.63, 3.8) is 0 Å². The largest absolute Gasteiger partial charge is 0.493 e. The van der Waals surface area contributed by atoms with E-state index < -0.39 is 17.9 Å². The number of Topliss-reactive ketones (excluding diaryl/α,β-unsaturated/α-hetero) is 2. The summed E-state index contributed by atoms with van der Waals surface area (Å²) >= 11 is 0. The van der Waals surface area contributed by atoms with Crippen LogP contribution in [0.4, 0.5) is 0 Å². The molecule has 1 aromatic carbocycles. The van der Waals surface area contributed by atoms with Gasteiger partial charge in [0.2, 0.25) is 0 Å². The minimum absolute atomic E-state index is 0.00661. The van der Waals surface area contributed by atoms with Gasteiger partial charge in [-0.2, -0.15) is 0 Å². The second kappa shape index (κ2) is 7.38. The molecule has 0 saturated heterocycles. The molecule has 6 heteroatoms. The van der Waals surface area contributed by atoms with Crippen LogP contribution in [0.2, 0.25) is 0 Å². The molecule has 2 amide bonds. The van der Waals surface area contributed by atoms with E-state index in [-0.39, 0.29) is 35.5 Å². The van der Waals surface area contributed by atoms with Crippen molar-refractivity contribution in [3.8, 4) is 5.75 Å². The van der Waals surface area contributed by atoms with E-state index in [1.54, 1.807) is 32.0 Å². The summed E-state index contributed by atoms with van der Waals surface area (Å²) in [5.41, 5.74) is 0.427. The number of benzene rings is 1. The lowest BCUT2D eigenvalue weighted by atomic mass is 10.0. The summed E-state index contributed by atoms with van der Waals surface area (Å²) in [4.78, 5) is 49.9. The number of ether oxygens (including phenoxy) is 1. The van der Waals surface area contributed by atoms with Crippen molar-refractivity contribution in [2.45, 2.75) is 46.1 Å². The lowest BCUT2D eigenvalue weighted by Crippen LogP contribution is -2.44. The number of carbonyl (C=O) groups excluding carboxylic acids is 4. The fourth-order valence-corrected chi connectivity index (χ4v) is 2.82. The lowest BCUT2D eigenvalue weighted by molar-refractivity contribution is -0.122. The average Bonchev–Trinajstić information content (AvgIpc) is 2.80. The Morgan fingerprint density at radius 2 is 1.88 bits per heavy atom. The molecule has 1 aromatic rings. The minimum atomic E-state index is -0.928. The Morgan fingerprint density at radius 1 is 1.17 bits per heavy atom. The van der Waals surface area contributed by atoms with Crippen molar-refractivity contribution >= 4 is 23.4 Å². The van der Waals surface area contributed by atoms with Gasteiger partial charge in [-0.3, -0.25) is 24.1 Å². The maximum atomic E-state index is 12.8. The summed E-state index contributed by atoms with van der Waals surface area (Å²) in [6.07, 6.45) is 0.672. The van der Waals surface area contributed by atoms with Crippen LogP contribution in [0.1, 0.15) is 60.7 Å². The van der Waals surface area contributed by atoms with Gasteiger partial charge >= 0.3 is 0 Å². The second-order valence-corrected chi connectivity index (χ2v) is 5.65. The summed E-state index contributed by atoms with van der Waals surface area (Å²) in [6, 6.07) is 3.89. The van der Waals surface area contributed by atoms with Gasteiger partial charge in [0, 0.05) is 12.8 Å². The molecule has 0 spiro atoms. The van der Waals surface area contributed by atoms with Crippen LogP contribution in [-0.2, 0) is 9.59 Å². The normalized spacial score (nSPS) is 14.5. The summed E-state index contributed by atoms with van der Waals surface area (Å²) < 4.78 is 5.43. The number of nitrogens with zero attached hydrogens (tertiary/aromatic N) is 1. The summed E-state index contributed by atoms with van der Waals surface area (Å²) in [7, 11) is 0. The van der Waals surface area contributed by atoms with Crippen molar-refractivity contribution in [2.75, 3.05) is 6.61 Å². The Hall–Kier alpha value is -2.50. The summed E-state index contributed by atoms with van der Waals surface area (Å²) in [6.45, 7) is 5.21. The van der Waals surface area contributed by atoms with Crippen molar-refractivity contribution < 1.29 is 23.9 Å². The van der Waals surface area contributed by atoms with E-state index in [4.69, 9.17) is 4.74 Å². The van der Waals surface area contributed by atoms with Gasteiger partial charge < -0.3 is 4.74 Å². The molecule has 1 aliphatic heterocycles. The molecule has 2 rings (SSSR count). The van der Waals surface area contributed by atoms with Crippen LogP contribution in [0.25, 0.3) is 0 Å². The number of carbonyl (C=O) groups is 4.